The number of nitrogens with zero attached hydrogens (tertiary/aromatic N) is 2. The van der Waals surface area contributed by atoms with Gasteiger partial charge in [0.1, 0.15) is 5.82 Å². The van der Waals surface area contributed by atoms with Gasteiger partial charge in [-0.25, -0.2) is 0 Å². The van der Waals surface area contributed by atoms with Gasteiger partial charge in [0.05, 0.1) is 12.3 Å². The van der Waals surface area contributed by atoms with E-state index in [0.29, 0.717) is 6.61 Å². The lowest BCUT2D eigenvalue weighted by Gasteiger charge is -2.05. The SMILES string of the molecule is CCCOCc1c(C)nn(C)c1NC. The number of hydrogen-bond donors (Lipinski definition) is 1. The maximum absolute atomic E-state index is 5.51. The van der Waals surface area contributed by atoms with Gasteiger partial charge >= 0.3 is 0 Å². The lowest BCUT2D eigenvalue weighted by atomic mass is 10.2. The minimum atomic E-state index is 0.643. The second-order valence-corrected chi connectivity index (χ2v) is 3.34. The maximum Gasteiger partial charge on any atom is 0.129 e. The quantitative estimate of drug-likeness (QED) is 0.730. The second-order valence-electron chi connectivity index (χ2n) is 3.34. The van der Waals surface area contributed by atoms with Crippen molar-refractivity contribution >= 4 is 5.82 Å². The van der Waals surface area contributed by atoms with Crippen LogP contribution in [0.15, 0.2) is 0 Å². The fourth-order valence-electron chi connectivity index (χ4n) is 1.51. The zero-order chi connectivity index (χ0) is 10.6. The van der Waals surface area contributed by atoms with Crippen molar-refractivity contribution in [3.8, 4) is 0 Å². The normalized spacial score (nSPS) is 10.6. The molecule has 0 amide bonds. The third-order valence-corrected chi connectivity index (χ3v) is 2.18. The van der Waals surface area contributed by atoms with Crippen molar-refractivity contribution in [2.24, 2.45) is 7.05 Å². The Kier molecular flexibility index (Phi) is 3.95. The summed E-state index contributed by atoms with van der Waals surface area (Å²) in [4.78, 5) is 0. The molecule has 0 aliphatic rings. The highest BCUT2D eigenvalue weighted by Gasteiger charge is 2.11. The highest BCUT2D eigenvalue weighted by Crippen LogP contribution is 2.18. The van der Waals surface area contributed by atoms with E-state index >= 15 is 0 Å². The zero-order valence-corrected chi connectivity index (χ0v) is 9.42. The molecule has 0 saturated carbocycles. The average molecular weight is 197 g/mol. The molecule has 0 spiro atoms. The number of aromatic nitrogens is 2. The van der Waals surface area contributed by atoms with Crippen LogP contribution >= 0.6 is 0 Å². The molecular weight excluding hydrogens is 178 g/mol. The Labute approximate surface area is 85.3 Å². The largest absolute Gasteiger partial charge is 0.377 e. The van der Waals surface area contributed by atoms with Gasteiger partial charge in [0, 0.05) is 26.3 Å². The Balaban J connectivity index is 2.73. The van der Waals surface area contributed by atoms with E-state index in [2.05, 4.69) is 17.3 Å². The predicted molar refractivity (Wildman–Crippen MR) is 57.4 cm³/mol. The summed E-state index contributed by atoms with van der Waals surface area (Å²) in [5.41, 5.74) is 2.19. The first-order valence-corrected chi connectivity index (χ1v) is 4.98. The summed E-state index contributed by atoms with van der Waals surface area (Å²) in [6.45, 7) is 5.56. The van der Waals surface area contributed by atoms with Crippen molar-refractivity contribution in [3.63, 3.8) is 0 Å². The summed E-state index contributed by atoms with van der Waals surface area (Å²) in [6.07, 6.45) is 1.05. The minimum absolute atomic E-state index is 0.643. The van der Waals surface area contributed by atoms with Crippen molar-refractivity contribution in [2.75, 3.05) is 19.0 Å². The van der Waals surface area contributed by atoms with Crippen LogP contribution in [0.3, 0.4) is 0 Å². The van der Waals surface area contributed by atoms with Gasteiger partial charge in [-0.2, -0.15) is 5.10 Å². The molecule has 80 valence electrons. The van der Waals surface area contributed by atoms with E-state index in [4.69, 9.17) is 4.74 Å². The van der Waals surface area contributed by atoms with Gasteiger partial charge in [0.15, 0.2) is 0 Å². The molecule has 1 N–H and O–H groups in total. The number of rotatable bonds is 5. The molecule has 0 radical (unpaired) electrons. The molecule has 0 saturated heterocycles. The Hall–Kier alpha value is -1.03. The van der Waals surface area contributed by atoms with E-state index in [1.54, 1.807) is 0 Å². The second kappa shape index (κ2) is 5.00. The maximum atomic E-state index is 5.51. The van der Waals surface area contributed by atoms with E-state index in [1.165, 1.54) is 0 Å². The first kappa shape index (κ1) is 11.0. The summed E-state index contributed by atoms with van der Waals surface area (Å²) in [7, 11) is 3.84. The van der Waals surface area contributed by atoms with Gasteiger partial charge in [-0.05, 0) is 13.3 Å². The highest BCUT2D eigenvalue weighted by atomic mass is 16.5. The van der Waals surface area contributed by atoms with Crippen molar-refractivity contribution in [1.82, 2.24) is 9.78 Å². The minimum Gasteiger partial charge on any atom is -0.377 e. The molecule has 1 heterocycles. The summed E-state index contributed by atoms with van der Waals surface area (Å²) >= 11 is 0. The molecule has 0 unspecified atom stereocenters. The molecule has 1 aromatic heterocycles. The molecule has 0 aromatic carbocycles. The van der Waals surface area contributed by atoms with Crippen LogP contribution in [0.5, 0.6) is 0 Å². The highest BCUT2D eigenvalue weighted by molar-refractivity contribution is 5.46. The molecular formula is C10H19N3O. The first-order valence-electron chi connectivity index (χ1n) is 4.98. The molecule has 0 aliphatic carbocycles. The fraction of sp³-hybridized carbons (Fsp3) is 0.700. The monoisotopic (exact) mass is 197 g/mol. The van der Waals surface area contributed by atoms with E-state index in [0.717, 1.165) is 30.1 Å². The van der Waals surface area contributed by atoms with Crippen LogP contribution in [0.2, 0.25) is 0 Å². The van der Waals surface area contributed by atoms with E-state index in [1.807, 2.05) is 25.7 Å². The van der Waals surface area contributed by atoms with Crippen LogP contribution in [-0.2, 0) is 18.4 Å². The van der Waals surface area contributed by atoms with Crippen LogP contribution in [0.25, 0.3) is 0 Å². The molecule has 1 rings (SSSR count). The smallest absolute Gasteiger partial charge is 0.129 e. The lowest BCUT2D eigenvalue weighted by molar-refractivity contribution is 0.121. The number of anilines is 1. The van der Waals surface area contributed by atoms with Crippen molar-refractivity contribution < 1.29 is 4.74 Å². The van der Waals surface area contributed by atoms with Crippen LogP contribution in [0.1, 0.15) is 24.6 Å². The molecule has 0 atom stereocenters. The van der Waals surface area contributed by atoms with Gasteiger partial charge < -0.3 is 10.1 Å². The van der Waals surface area contributed by atoms with Crippen LogP contribution in [-0.4, -0.2) is 23.4 Å². The summed E-state index contributed by atoms with van der Waals surface area (Å²) < 4.78 is 7.36. The molecule has 0 aliphatic heterocycles. The van der Waals surface area contributed by atoms with E-state index in [-0.39, 0.29) is 0 Å². The van der Waals surface area contributed by atoms with Crippen LogP contribution in [0.4, 0.5) is 5.82 Å². The first-order chi connectivity index (χ1) is 6.70. The predicted octanol–water partition coefficient (Wildman–Crippen LogP) is 1.70. The Morgan fingerprint density at radius 2 is 2.21 bits per heavy atom. The van der Waals surface area contributed by atoms with Crippen molar-refractivity contribution in [2.45, 2.75) is 26.9 Å². The molecule has 0 fully saturated rings. The molecule has 4 nitrogen and oxygen atoms in total. The topological polar surface area (TPSA) is 39.1 Å². The number of aryl methyl sites for hydroxylation is 2. The Morgan fingerprint density at radius 1 is 1.50 bits per heavy atom. The van der Waals surface area contributed by atoms with Gasteiger partial charge in [0.2, 0.25) is 0 Å². The third kappa shape index (κ3) is 2.26. The zero-order valence-electron chi connectivity index (χ0n) is 9.42. The van der Waals surface area contributed by atoms with Gasteiger partial charge in [-0.15, -0.1) is 0 Å². The number of nitrogens with one attached hydrogen (secondary N) is 1. The fourth-order valence-corrected chi connectivity index (χ4v) is 1.51. The summed E-state index contributed by atoms with van der Waals surface area (Å²) in [5.74, 6) is 1.04. The van der Waals surface area contributed by atoms with E-state index in [9.17, 15) is 0 Å². The van der Waals surface area contributed by atoms with Crippen molar-refractivity contribution in [1.29, 1.82) is 0 Å². The summed E-state index contributed by atoms with van der Waals surface area (Å²) in [6, 6.07) is 0. The van der Waals surface area contributed by atoms with Crippen molar-refractivity contribution in [3.05, 3.63) is 11.3 Å². The average Bonchev–Trinajstić information content (AvgIpc) is 2.42. The van der Waals surface area contributed by atoms with E-state index < -0.39 is 0 Å². The number of hydrogen-bond acceptors (Lipinski definition) is 3. The molecule has 0 bridgehead atoms. The molecule has 1 aromatic rings. The van der Waals surface area contributed by atoms with Gasteiger partial charge in [-0.3, -0.25) is 4.68 Å². The standard InChI is InChI=1S/C10H19N3O/c1-5-6-14-7-9-8(2)12-13(4)10(9)11-3/h11H,5-7H2,1-4H3. The molecule has 14 heavy (non-hydrogen) atoms. The Bertz CT molecular complexity index is 294. The Morgan fingerprint density at radius 3 is 2.79 bits per heavy atom. The van der Waals surface area contributed by atoms with Crippen LogP contribution < -0.4 is 5.32 Å². The molecule has 4 heteroatoms. The third-order valence-electron chi connectivity index (χ3n) is 2.18. The number of ether oxygens (including phenoxy) is 1. The van der Waals surface area contributed by atoms with Crippen LogP contribution in [0, 0.1) is 6.92 Å². The summed E-state index contributed by atoms with van der Waals surface area (Å²) in [5, 5.41) is 7.47. The lowest BCUT2D eigenvalue weighted by Crippen LogP contribution is -2.02. The van der Waals surface area contributed by atoms with Gasteiger partial charge in [-0.1, -0.05) is 6.92 Å². The van der Waals surface area contributed by atoms with Gasteiger partial charge in [0.25, 0.3) is 0 Å².